The van der Waals surface area contributed by atoms with Gasteiger partial charge >= 0.3 is 0 Å². The van der Waals surface area contributed by atoms with E-state index in [1.807, 2.05) is 80.6 Å². The van der Waals surface area contributed by atoms with E-state index in [9.17, 15) is 4.79 Å². The molecule has 1 amide bonds. The van der Waals surface area contributed by atoms with E-state index in [4.69, 9.17) is 11.6 Å². The predicted octanol–water partition coefficient (Wildman–Crippen LogP) is 6.22. The van der Waals surface area contributed by atoms with Crippen LogP contribution in [0.25, 0.3) is 17.1 Å². The molecule has 0 aliphatic rings. The van der Waals surface area contributed by atoms with Crippen LogP contribution in [0, 0.1) is 13.8 Å². The highest BCUT2D eigenvalue weighted by atomic mass is 79.9. The van der Waals surface area contributed by atoms with Crippen molar-refractivity contribution in [2.24, 2.45) is 0 Å². The van der Waals surface area contributed by atoms with Crippen LogP contribution >= 0.6 is 27.5 Å². The third-order valence-corrected chi connectivity index (χ3v) is 5.65. The highest BCUT2D eigenvalue weighted by Crippen LogP contribution is 2.27. The maximum Gasteiger partial charge on any atom is 0.295 e. The van der Waals surface area contributed by atoms with Gasteiger partial charge in [-0.05, 0) is 55.3 Å². The Morgan fingerprint density at radius 1 is 1.03 bits per heavy atom. The number of anilines is 1. The Kier molecular flexibility index (Phi) is 5.70. The van der Waals surface area contributed by atoms with Crippen molar-refractivity contribution in [2.45, 2.75) is 13.8 Å². The fourth-order valence-electron chi connectivity index (χ4n) is 3.12. The van der Waals surface area contributed by atoms with Gasteiger partial charge in [0.25, 0.3) is 5.91 Å². The molecule has 0 bridgehead atoms. The van der Waals surface area contributed by atoms with Crippen molar-refractivity contribution in [1.29, 1.82) is 0 Å². The van der Waals surface area contributed by atoms with Crippen molar-refractivity contribution in [2.75, 3.05) is 5.32 Å². The molecule has 0 aliphatic carbocycles. The van der Waals surface area contributed by atoms with Gasteiger partial charge in [0, 0.05) is 20.7 Å². The zero-order valence-corrected chi connectivity index (χ0v) is 18.7. The Morgan fingerprint density at radius 2 is 1.80 bits per heavy atom. The molecule has 0 aliphatic heterocycles. The summed E-state index contributed by atoms with van der Waals surface area (Å²) in [4.78, 5) is 17.5. The molecule has 150 valence electrons. The predicted molar refractivity (Wildman–Crippen MR) is 123 cm³/mol. The first-order valence-electron chi connectivity index (χ1n) is 9.29. The van der Waals surface area contributed by atoms with Crippen molar-refractivity contribution in [1.82, 2.24) is 14.8 Å². The van der Waals surface area contributed by atoms with Gasteiger partial charge in [-0.1, -0.05) is 63.9 Å². The summed E-state index contributed by atoms with van der Waals surface area (Å²) in [5.74, 6) is 0.269. The van der Waals surface area contributed by atoms with Gasteiger partial charge in [0.05, 0.1) is 5.69 Å². The normalized spacial score (nSPS) is 10.8. The van der Waals surface area contributed by atoms with E-state index in [1.54, 1.807) is 4.68 Å². The number of aryl methyl sites for hydroxylation is 1. The second-order valence-electron chi connectivity index (χ2n) is 6.83. The molecular formula is C23H18BrClN4O. The van der Waals surface area contributed by atoms with E-state index in [0.29, 0.717) is 16.5 Å². The summed E-state index contributed by atoms with van der Waals surface area (Å²) >= 11 is 9.76. The SMILES string of the molecule is Cc1cc(Br)ccc1NC(=O)c1nc(-c2ccccc2)n(-c2cccc(Cl)c2C)n1. The smallest absolute Gasteiger partial charge is 0.295 e. The zero-order chi connectivity index (χ0) is 21.3. The van der Waals surface area contributed by atoms with Crippen LogP contribution < -0.4 is 5.32 Å². The van der Waals surface area contributed by atoms with Crippen LogP contribution in [0.15, 0.2) is 71.2 Å². The lowest BCUT2D eigenvalue weighted by Crippen LogP contribution is -2.15. The Balaban J connectivity index is 1.79. The molecule has 0 saturated carbocycles. The quantitative estimate of drug-likeness (QED) is 0.376. The van der Waals surface area contributed by atoms with E-state index < -0.39 is 0 Å². The lowest BCUT2D eigenvalue weighted by atomic mass is 10.1. The molecule has 4 aromatic rings. The molecule has 0 atom stereocenters. The lowest BCUT2D eigenvalue weighted by molar-refractivity contribution is 0.101. The fraction of sp³-hybridized carbons (Fsp3) is 0.0870. The molecule has 0 spiro atoms. The van der Waals surface area contributed by atoms with Crippen molar-refractivity contribution >= 4 is 39.1 Å². The standard InChI is InChI=1S/C23H18BrClN4O/c1-14-13-17(24)11-12-19(14)26-23(30)21-27-22(16-7-4-3-5-8-16)29(28-21)20-10-6-9-18(25)15(20)2/h3-13H,1-2H3,(H,26,30). The number of nitrogens with one attached hydrogen (secondary N) is 1. The number of halogens is 2. The van der Waals surface area contributed by atoms with Crippen LogP contribution in [0.5, 0.6) is 0 Å². The summed E-state index contributed by atoms with van der Waals surface area (Å²) in [6.07, 6.45) is 0. The first kappa shape index (κ1) is 20.3. The van der Waals surface area contributed by atoms with Gasteiger partial charge in [0.1, 0.15) is 0 Å². The summed E-state index contributed by atoms with van der Waals surface area (Å²) < 4.78 is 2.61. The molecule has 5 nitrogen and oxygen atoms in total. The second-order valence-corrected chi connectivity index (χ2v) is 8.16. The van der Waals surface area contributed by atoms with Gasteiger partial charge in [-0.2, -0.15) is 0 Å². The highest BCUT2D eigenvalue weighted by Gasteiger charge is 2.20. The molecule has 0 radical (unpaired) electrons. The number of benzene rings is 3. The Labute approximate surface area is 187 Å². The van der Waals surface area contributed by atoms with Crippen molar-refractivity contribution in [3.05, 3.63) is 93.2 Å². The number of rotatable bonds is 4. The maximum atomic E-state index is 12.9. The zero-order valence-electron chi connectivity index (χ0n) is 16.4. The number of hydrogen-bond donors (Lipinski definition) is 1. The average Bonchev–Trinajstić information content (AvgIpc) is 3.18. The van der Waals surface area contributed by atoms with Crippen molar-refractivity contribution in [3.63, 3.8) is 0 Å². The Morgan fingerprint density at radius 3 is 2.53 bits per heavy atom. The topological polar surface area (TPSA) is 59.8 Å². The van der Waals surface area contributed by atoms with Crippen LogP contribution in [0.4, 0.5) is 5.69 Å². The van der Waals surface area contributed by atoms with Crippen LogP contribution in [0.1, 0.15) is 21.7 Å². The first-order chi connectivity index (χ1) is 14.4. The summed E-state index contributed by atoms with van der Waals surface area (Å²) in [5, 5.41) is 8.05. The highest BCUT2D eigenvalue weighted by molar-refractivity contribution is 9.10. The summed E-state index contributed by atoms with van der Waals surface area (Å²) in [7, 11) is 0. The molecule has 1 aromatic heterocycles. The second kappa shape index (κ2) is 8.42. The number of amides is 1. The maximum absolute atomic E-state index is 12.9. The summed E-state index contributed by atoms with van der Waals surface area (Å²) in [6, 6.07) is 20.9. The monoisotopic (exact) mass is 480 g/mol. The minimum absolute atomic E-state index is 0.0792. The number of carbonyl (C=O) groups excluding carboxylic acids is 1. The Hall–Kier alpha value is -2.96. The molecular weight excluding hydrogens is 464 g/mol. The molecule has 0 unspecified atom stereocenters. The molecule has 7 heteroatoms. The van der Waals surface area contributed by atoms with E-state index >= 15 is 0 Å². The molecule has 1 N–H and O–H groups in total. The summed E-state index contributed by atoms with van der Waals surface area (Å²) in [5.41, 5.74) is 4.12. The van der Waals surface area contributed by atoms with Gasteiger partial charge in [-0.25, -0.2) is 9.67 Å². The van der Waals surface area contributed by atoms with Gasteiger partial charge < -0.3 is 5.32 Å². The number of aromatic nitrogens is 3. The molecule has 0 saturated heterocycles. The van der Waals surface area contributed by atoms with E-state index in [0.717, 1.165) is 26.9 Å². The average molecular weight is 482 g/mol. The van der Waals surface area contributed by atoms with Gasteiger partial charge in [0.15, 0.2) is 5.82 Å². The molecule has 30 heavy (non-hydrogen) atoms. The van der Waals surface area contributed by atoms with Gasteiger partial charge in [-0.3, -0.25) is 4.79 Å². The molecule has 4 rings (SSSR count). The van der Waals surface area contributed by atoms with Crippen LogP contribution in [0.3, 0.4) is 0 Å². The molecule has 0 fully saturated rings. The minimum Gasteiger partial charge on any atom is -0.319 e. The lowest BCUT2D eigenvalue weighted by Gasteiger charge is -2.10. The van der Waals surface area contributed by atoms with E-state index in [-0.39, 0.29) is 11.7 Å². The third kappa shape index (κ3) is 4.01. The number of carbonyl (C=O) groups is 1. The van der Waals surface area contributed by atoms with Crippen LogP contribution in [-0.2, 0) is 0 Å². The van der Waals surface area contributed by atoms with Crippen LogP contribution in [-0.4, -0.2) is 20.7 Å². The number of nitrogens with zero attached hydrogens (tertiary/aromatic N) is 3. The number of hydrogen-bond acceptors (Lipinski definition) is 3. The summed E-state index contributed by atoms with van der Waals surface area (Å²) in [6.45, 7) is 3.84. The third-order valence-electron chi connectivity index (χ3n) is 4.75. The molecule has 1 heterocycles. The van der Waals surface area contributed by atoms with Gasteiger partial charge in [-0.15, -0.1) is 5.10 Å². The Bertz CT molecular complexity index is 1240. The van der Waals surface area contributed by atoms with Crippen molar-refractivity contribution in [3.8, 4) is 17.1 Å². The van der Waals surface area contributed by atoms with Gasteiger partial charge in [0.2, 0.25) is 5.82 Å². The van der Waals surface area contributed by atoms with Crippen molar-refractivity contribution < 1.29 is 4.79 Å². The first-order valence-corrected chi connectivity index (χ1v) is 10.5. The van der Waals surface area contributed by atoms with Crippen LogP contribution in [0.2, 0.25) is 5.02 Å². The molecule has 3 aromatic carbocycles. The minimum atomic E-state index is -0.379. The van der Waals surface area contributed by atoms with E-state index in [1.165, 1.54) is 0 Å². The largest absolute Gasteiger partial charge is 0.319 e. The fourth-order valence-corrected chi connectivity index (χ4v) is 3.77. The van der Waals surface area contributed by atoms with E-state index in [2.05, 4.69) is 31.3 Å².